The Bertz CT molecular complexity index is 314. The number of nitrogen functional groups attached to an aromatic ring is 1. The number of hydrogen-bond acceptors (Lipinski definition) is 5. The van der Waals surface area contributed by atoms with Crippen LogP contribution in [-0.2, 0) is 6.42 Å². The fraction of sp³-hybridized carbons (Fsp3) is 0.600. The van der Waals surface area contributed by atoms with Crippen molar-refractivity contribution in [1.29, 1.82) is 0 Å². The fourth-order valence-electron chi connectivity index (χ4n) is 1.37. The molecule has 0 aliphatic carbocycles. The Morgan fingerprint density at radius 3 is 2.87 bits per heavy atom. The van der Waals surface area contributed by atoms with Crippen LogP contribution in [0.25, 0.3) is 0 Å². The molecule has 0 aromatic carbocycles. The molecule has 0 saturated carbocycles. The molecule has 0 radical (unpaired) electrons. The summed E-state index contributed by atoms with van der Waals surface area (Å²) < 4.78 is 5.12. The Kier molecular flexibility index (Phi) is 4.30. The summed E-state index contributed by atoms with van der Waals surface area (Å²) in [7, 11) is 1.58. The lowest BCUT2D eigenvalue weighted by Gasteiger charge is -2.08. The smallest absolute Gasteiger partial charge is 0.223 e. The summed E-state index contributed by atoms with van der Waals surface area (Å²) in [5.74, 6) is 0.801. The molecule has 0 amide bonds. The van der Waals surface area contributed by atoms with Crippen LogP contribution in [0.1, 0.15) is 25.3 Å². The highest BCUT2D eigenvalue weighted by molar-refractivity contribution is 5.29. The first-order chi connectivity index (χ1) is 7.13. The van der Waals surface area contributed by atoms with E-state index in [4.69, 9.17) is 16.2 Å². The highest BCUT2D eigenvalue weighted by Gasteiger charge is 2.06. The monoisotopic (exact) mass is 210 g/mol. The maximum atomic E-state index is 5.67. The van der Waals surface area contributed by atoms with E-state index in [0.717, 1.165) is 24.8 Å². The summed E-state index contributed by atoms with van der Waals surface area (Å²) in [5.41, 5.74) is 12.1. The molecular weight excluding hydrogens is 192 g/mol. The van der Waals surface area contributed by atoms with Crippen LogP contribution in [0, 0.1) is 0 Å². The topological polar surface area (TPSA) is 87.0 Å². The van der Waals surface area contributed by atoms with Crippen molar-refractivity contribution in [2.45, 2.75) is 32.2 Å². The molecule has 0 aliphatic heterocycles. The molecule has 5 heteroatoms. The van der Waals surface area contributed by atoms with Crippen LogP contribution in [0.5, 0.6) is 5.88 Å². The normalized spacial score (nSPS) is 12.5. The number of nitrogens with zero attached hydrogens (tertiary/aromatic N) is 2. The summed E-state index contributed by atoms with van der Waals surface area (Å²) in [6.45, 7) is 2.00. The minimum Gasteiger partial charge on any atom is -0.481 e. The Balaban J connectivity index is 2.60. The maximum Gasteiger partial charge on any atom is 0.223 e. The van der Waals surface area contributed by atoms with Crippen molar-refractivity contribution < 1.29 is 4.74 Å². The van der Waals surface area contributed by atoms with Crippen molar-refractivity contribution in [2.75, 3.05) is 12.8 Å². The van der Waals surface area contributed by atoms with Crippen molar-refractivity contribution >= 4 is 5.95 Å². The van der Waals surface area contributed by atoms with Crippen LogP contribution in [0.15, 0.2) is 6.20 Å². The molecule has 0 bridgehead atoms. The van der Waals surface area contributed by atoms with E-state index in [1.165, 1.54) is 0 Å². The lowest BCUT2D eigenvalue weighted by atomic mass is 10.1. The van der Waals surface area contributed by atoms with Gasteiger partial charge in [-0.2, -0.15) is 4.98 Å². The second-order valence-electron chi connectivity index (χ2n) is 3.63. The Morgan fingerprint density at radius 2 is 2.27 bits per heavy atom. The fourth-order valence-corrected chi connectivity index (χ4v) is 1.37. The van der Waals surface area contributed by atoms with Gasteiger partial charge in [0.1, 0.15) is 0 Å². The lowest BCUT2D eigenvalue weighted by Crippen LogP contribution is -2.14. The minimum absolute atomic E-state index is 0.227. The van der Waals surface area contributed by atoms with Crippen LogP contribution >= 0.6 is 0 Å². The SMILES string of the molecule is COc1nc(N)ncc1CCC[C@H](C)N. The molecule has 1 aromatic rings. The van der Waals surface area contributed by atoms with Gasteiger partial charge in [0.2, 0.25) is 11.8 Å². The number of aryl methyl sites for hydroxylation is 1. The van der Waals surface area contributed by atoms with Gasteiger partial charge in [0.05, 0.1) is 7.11 Å². The summed E-state index contributed by atoms with van der Waals surface area (Å²) >= 11 is 0. The first kappa shape index (κ1) is 11.7. The van der Waals surface area contributed by atoms with Gasteiger partial charge in [0.15, 0.2) is 0 Å². The molecule has 4 N–H and O–H groups in total. The number of rotatable bonds is 5. The molecule has 5 nitrogen and oxygen atoms in total. The molecule has 1 heterocycles. The van der Waals surface area contributed by atoms with Crippen LogP contribution in [0.4, 0.5) is 5.95 Å². The van der Waals surface area contributed by atoms with Gasteiger partial charge in [0.25, 0.3) is 0 Å². The zero-order chi connectivity index (χ0) is 11.3. The second-order valence-corrected chi connectivity index (χ2v) is 3.63. The number of hydrogen-bond donors (Lipinski definition) is 2. The summed E-state index contributed by atoms with van der Waals surface area (Å²) in [5, 5.41) is 0. The second kappa shape index (κ2) is 5.50. The third kappa shape index (κ3) is 3.71. The van der Waals surface area contributed by atoms with Crippen LogP contribution in [0.2, 0.25) is 0 Å². The van der Waals surface area contributed by atoms with Gasteiger partial charge in [-0.1, -0.05) is 0 Å². The van der Waals surface area contributed by atoms with E-state index in [2.05, 4.69) is 9.97 Å². The molecule has 0 aliphatic rings. The van der Waals surface area contributed by atoms with Gasteiger partial charge in [0, 0.05) is 17.8 Å². The molecule has 84 valence electrons. The average Bonchev–Trinajstić information content (AvgIpc) is 2.19. The highest BCUT2D eigenvalue weighted by Crippen LogP contribution is 2.17. The van der Waals surface area contributed by atoms with E-state index in [1.54, 1.807) is 13.3 Å². The quantitative estimate of drug-likeness (QED) is 0.748. The van der Waals surface area contributed by atoms with Gasteiger partial charge in [-0.05, 0) is 26.2 Å². The van der Waals surface area contributed by atoms with Crippen molar-refractivity contribution in [3.63, 3.8) is 0 Å². The van der Waals surface area contributed by atoms with Gasteiger partial charge < -0.3 is 16.2 Å². The number of methoxy groups -OCH3 is 1. The molecule has 0 unspecified atom stereocenters. The largest absolute Gasteiger partial charge is 0.481 e. The number of anilines is 1. The number of ether oxygens (including phenoxy) is 1. The zero-order valence-corrected chi connectivity index (χ0v) is 9.23. The third-order valence-electron chi connectivity index (χ3n) is 2.14. The van der Waals surface area contributed by atoms with Crippen molar-refractivity contribution in [2.24, 2.45) is 5.73 Å². The third-order valence-corrected chi connectivity index (χ3v) is 2.14. The van der Waals surface area contributed by atoms with Gasteiger partial charge in [-0.25, -0.2) is 4.98 Å². The predicted molar refractivity (Wildman–Crippen MR) is 59.6 cm³/mol. The molecular formula is C10H18N4O. The Hall–Kier alpha value is -1.36. The van der Waals surface area contributed by atoms with E-state index in [1.807, 2.05) is 6.92 Å². The molecule has 1 rings (SSSR count). The van der Waals surface area contributed by atoms with E-state index in [-0.39, 0.29) is 12.0 Å². The average molecular weight is 210 g/mol. The first-order valence-corrected chi connectivity index (χ1v) is 5.04. The van der Waals surface area contributed by atoms with Crippen molar-refractivity contribution in [3.8, 4) is 5.88 Å². The van der Waals surface area contributed by atoms with Gasteiger partial charge in [-0.15, -0.1) is 0 Å². The Labute approximate surface area is 89.9 Å². The molecule has 0 fully saturated rings. The first-order valence-electron chi connectivity index (χ1n) is 5.04. The summed E-state index contributed by atoms with van der Waals surface area (Å²) in [6, 6.07) is 0.227. The molecule has 1 atom stereocenters. The van der Waals surface area contributed by atoms with E-state index in [9.17, 15) is 0 Å². The molecule has 15 heavy (non-hydrogen) atoms. The van der Waals surface area contributed by atoms with E-state index in [0.29, 0.717) is 5.88 Å². The number of nitrogens with two attached hydrogens (primary N) is 2. The molecule has 0 saturated heterocycles. The van der Waals surface area contributed by atoms with Crippen molar-refractivity contribution in [1.82, 2.24) is 9.97 Å². The molecule has 0 spiro atoms. The van der Waals surface area contributed by atoms with Gasteiger partial charge >= 0.3 is 0 Å². The molecule has 1 aromatic heterocycles. The summed E-state index contributed by atoms with van der Waals surface area (Å²) in [6.07, 6.45) is 4.56. The van der Waals surface area contributed by atoms with Gasteiger partial charge in [-0.3, -0.25) is 0 Å². The van der Waals surface area contributed by atoms with Crippen LogP contribution < -0.4 is 16.2 Å². The van der Waals surface area contributed by atoms with Crippen molar-refractivity contribution in [3.05, 3.63) is 11.8 Å². The minimum atomic E-state index is 0.227. The zero-order valence-electron chi connectivity index (χ0n) is 9.23. The Morgan fingerprint density at radius 1 is 1.53 bits per heavy atom. The van der Waals surface area contributed by atoms with Crippen LogP contribution in [0.3, 0.4) is 0 Å². The predicted octanol–water partition coefficient (Wildman–Crippen LogP) is 0.737. The standard InChI is InChI=1S/C10H18N4O/c1-7(11)4-3-5-8-6-13-10(12)14-9(8)15-2/h6-7H,3-5,11H2,1-2H3,(H2,12,13,14)/t7-/m0/s1. The maximum absolute atomic E-state index is 5.67. The number of aromatic nitrogens is 2. The lowest BCUT2D eigenvalue weighted by molar-refractivity contribution is 0.391. The highest BCUT2D eigenvalue weighted by atomic mass is 16.5. The van der Waals surface area contributed by atoms with Crippen LogP contribution in [-0.4, -0.2) is 23.1 Å². The summed E-state index contributed by atoms with van der Waals surface area (Å²) in [4.78, 5) is 7.94. The van der Waals surface area contributed by atoms with E-state index >= 15 is 0 Å². The van der Waals surface area contributed by atoms with E-state index < -0.39 is 0 Å².